The third-order valence-electron chi connectivity index (χ3n) is 2.94. The molecule has 5 heteroatoms. The Kier molecular flexibility index (Phi) is 3.60. The molecule has 0 aliphatic heterocycles. The number of hydrogen-bond acceptors (Lipinski definition) is 5. The molecule has 1 N–H and O–H groups in total. The zero-order valence-electron chi connectivity index (χ0n) is 11.2. The van der Waals surface area contributed by atoms with Crippen LogP contribution in [0.5, 0.6) is 5.75 Å². The first-order valence-corrected chi connectivity index (χ1v) is 6.42. The zero-order valence-corrected chi connectivity index (χ0v) is 11.2. The van der Waals surface area contributed by atoms with Crippen molar-refractivity contribution in [3.63, 3.8) is 0 Å². The maximum Gasteiger partial charge on any atom is 0.174 e. The summed E-state index contributed by atoms with van der Waals surface area (Å²) in [6.45, 7) is 1.03. The Morgan fingerprint density at radius 1 is 1.25 bits per heavy atom. The van der Waals surface area contributed by atoms with Crippen LogP contribution >= 0.6 is 0 Å². The van der Waals surface area contributed by atoms with Crippen LogP contribution in [0.1, 0.15) is 11.5 Å². The van der Waals surface area contributed by atoms with Gasteiger partial charge in [0, 0.05) is 24.2 Å². The maximum absolute atomic E-state index is 5.80. The monoisotopic (exact) mass is 269 g/mol. The van der Waals surface area contributed by atoms with Gasteiger partial charge < -0.3 is 14.6 Å². The summed E-state index contributed by atoms with van der Waals surface area (Å²) in [4.78, 5) is 4.30. The van der Waals surface area contributed by atoms with Gasteiger partial charge >= 0.3 is 0 Å². The predicted octanol–water partition coefficient (Wildman–Crippen LogP) is 2.52. The van der Waals surface area contributed by atoms with Crippen LogP contribution in [0.2, 0.25) is 0 Å². The summed E-state index contributed by atoms with van der Waals surface area (Å²) in [5.74, 6) is 1.50. The van der Waals surface area contributed by atoms with Gasteiger partial charge in [0.25, 0.3) is 0 Å². The van der Waals surface area contributed by atoms with E-state index in [2.05, 4.69) is 15.5 Å². The van der Waals surface area contributed by atoms with Gasteiger partial charge in [-0.3, -0.25) is 4.98 Å². The fourth-order valence-electron chi connectivity index (χ4n) is 2.04. The van der Waals surface area contributed by atoms with Crippen molar-refractivity contribution in [3.05, 3.63) is 54.0 Å². The number of nitrogens with one attached hydrogen (secondary N) is 1. The molecule has 3 aromatic rings. The minimum absolute atomic E-state index is 0.352. The largest absolute Gasteiger partial charge is 0.485 e. The second kappa shape index (κ2) is 5.71. The summed E-state index contributed by atoms with van der Waals surface area (Å²) < 4.78 is 11.0. The van der Waals surface area contributed by atoms with Gasteiger partial charge in [-0.15, -0.1) is 0 Å². The summed E-state index contributed by atoms with van der Waals surface area (Å²) in [6, 6.07) is 11.6. The summed E-state index contributed by atoms with van der Waals surface area (Å²) in [7, 11) is 1.87. The van der Waals surface area contributed by atoms with Gasteiger partial charge in [-0.1, -0.05) is 11.2 Å². The lowest BCUT2D eigenvalue weighted by molar-refractivity contribution is 0.250. The summed E-state index contributed by atoms with van der Waals surface area (Å²) in [5, 5.41) is 7.97. The van der Waals surface area contributed by atoms with Gasteiger partial charge in [0.1, 0.15) is 12.4 Å². The second-order valence-electron chi connectivity index (χ2n) is 4.43. The van der Waals surface area contributed by atoms with Crippen molar-refractivity contribution in [1.82, 2.24) is 15.5 Å². The maximum atomic E-state index is 5.80. The lowest BCUT2D eigenvalue weighted by atomic mass is 10.2. The Morgan fingerprint density at radius 3 is 3.10 bits per heavy atom. The van der Waals surface area contributed by atoms with Gasteiger partial charge in [-0.2, -0.15) is 0 Å². The van der Waals surface area contributed by atoms with E-state index in [1.807, 2.05) is 43.4 Å². The van der Waals surface area contributed by atoms with Crippen molar-refractivity contribution < 1.29 is 9.26 Å². The molecule has 2 heterocycles. The third-order valence-corrected chi connectivity index (χ3v) is 2.94. The Bertz CT molecular complexity index is 704. The van der Waals surface area contributed by atoms with E-state index in [0.717, 1.165) is 22.3 Å². The van der Waals surface area contributed by atoms with Crippen molar-refractivity contribution >= 4 is 10.9 Å². The molecular weight excluding hydrogens is 254 g/mol. The number of hydrogen-bond donors (Lipinski definition) is 1. The fraction of sp³-hybridized carbons (Fsp3) is 0.200. The first-order valence-electron chi connectivity index (χ1n) is 6.42. The van der Waals surface area contributed by atoms with Gasteiger partial charge in [-0.05, 0) is 31.3 Å². The molecule has 2 aromatic heterocycles. The molecule has 1 aromatic carbocycles. The average Bonchev–Trinajstić information content (AvgIpc) is 2.93. The molecule has 0 aliphatic rings. The molecule has 3 rings (SSSR count). The molecule has 5 nitrogen and oxygen atoms in total. The molecule has 102 valence electrons. The van der Waals surface area contributed by atoms with Crippen LogP contribution in [-0.2, 0) is 13.2 Å². The van der Waals surface area contributed by atoms with Crippen molar-refractivity contribution in [3.8, 4) is 5.75 Å². The van der Waals surface area contributed by atoms with Crippen molar-refractivity contribution in [2.24, 2.45) is 0 Å². The van der Waals surface area contributed by atoms with Crippen LogP contribution < -0.4 is 10.1 Å². The minimum Gasteiger partial charge on any atom is -0.485 e. The number of ether oxygens (including phenoxy) is 1. The highest BCUT2D eigenvalue weighted by atomic mass is 16.5. The number of aromatic nitrogens is 2. The zero-order chi connectivity index (χ0) is 13.8. The molecule has 0 fully saturated rings. The molecule has 0 spiro atoms. The SMILES string of the molecule is CNCc1cc(COc2cccc3ncccc23)on1. The molecule has 0 atom stereocenters. The molecule has 0 saturated heterocycles. The summed E-state index contributed by atoms with van der Waals surface area (Å²) in [5.41, 5.74) is 1.78. The summed E-state index contributed by atoms with van der Waals surface area (Å²) in [6.07, 6.45) is 1.77. The number of rotatable bonds is 5. The van der Waals surface area contributed by atoms with E-state index < -0.39 is 0 Å². The smallest absolute Gasteiger partial charge is 0.174 e. The normalized spacial score (nSPS) is 10.8. The van der Waals surface area contributed by atoms with Gasteiger partial charge in [0.15, 0.2) is 5.76 Å². The summed E-state index contributed by atoms with van der Waals surface area (Å²) >= 11 is 0. The van der Waals surface area contributed by atoms with Crippen molar-refractivity contribution in [1.29, 1.82) is 0 Å². The van der Waals surface area contributed by atoms with E-state index in [9.17, 15) is 0 Å². The highest BCUT2D eigenvalue weighted by Crippen LogP contribution is 2.24. The van der Waals surface area contributed by atoms with E-state index in [4.69, 9.17) is 9.26 Å². The molecule has 0 unspecified atom stereocenters. The molecule has 0 radical (unpaired) electrons. The van der Waals surface area contributed by atoms with Crippen LogP contribution in [0.25, 0.3) is 10.9 Å². The van der Waals surface area contributed by atoms with E-state index in [-0.39, 0.29) is 0 Å². The van der Waals surface area contributed by atoms with Crippen molar-refractivity contribution in [2.45, 2.75) is 13.2 Å². The highest BCUT2D eigenvalue weighted by Gasteiger charge is 2.06. The lowest BCUT2D eigenvalue weighted by Gasteiger charge is -2.06. The quantitative estimate of drug-likeness (QED) is 0.771. The first kappa shape index (κ1) is 12.6. The van der Waals surface area contributed by atoms with Crippen LogP contribution in [-0.4, -0.2) is 17.2 Å². The van der Waals surface area contributed by atoms with E-state index in [1.165, 1.54) is 0 Å². The van der Waals surface area contributed by atoms with Gasteiger partial charge in [0.05, 0.1) is 11.2 Å². The fourth-order valence-corrected chi connectivity index (χ4v) is 2.04. The number of nitrogens with zero attached hydrogens (tertiary/aromatic N) is 2. The van der Waals surface area contributed by atoms with Gasteiger partial charge in [0.2, 0.25) is 0 Å². The Labute approximate surface area is 116 Å². The highest BCUT2D eigenvalue weighted by molar-refractivity contribution is 5.84. The number of benzene rings is 1. The van der Waals surface area contributed by atoms with Crippen LogP contribution in [0, 0.1) is 0 Å². The molecule has 0 amide bonds. The topological polar surface area (TPSA) is 60.2 Å². The molecule has 0 bridgehead atoms. The Balaban J connectivity index is 1.76. The first-order chi connectivity index (χ1) is 9.86. The van der Waals surface area contributed by atoms with Crippen LogP contribution in [0.15, 0.2) is 47.1 Å². The number of pyridine rings is 1. The average molecular weight is 269 g/mol. The molecular formula is C15H15N3O2. The molecule has 0 aliphatic carbocycles. The third kappa shape index (κ3) is 2.62. The molecule has 0 saturated carbocycles. The van der Waals surface area contributed by atoms with Crippen LogP contribution in [0.4, 0.5) is 0 Å². The standard InChI is InChI=1S/C15H15N3O2/c1-16-9-11-8-12(20-18-11)10-19-15-6-2-5-14-13(15)4-3-7-17-14/h2-8,16H,9-10H2,1H3. The predicted molar refractivity (Wildman–Crippen MR) is 75.3 cm³/mol. The number of fused-ring (bicyclic) bond motifs is 1. The second-order valence-corrected chi connectivity index (χ2v) is 4.43. The van der Waals surface area contributed by atoms with Crippen molar-refractivity contribution in [2.75, 3.05) is 7.05 Å². The van der Waals surface area contributed by atoms with E-state index in [1.54, 1.807) is 6.20 Å². The van der Waals surface area contributed by atoms with Gasteiger partial charge in [-0.25, -0.2) is 0 Å². The van der Waals surface area contributed by atoms with E-state index >= 15 is 0 Å². The van der Waals surface area contributed by atoms with Crippen LogP contribution in [0.3, 0.4) is 0 Å². The van der Waals surface area contributed by atoms with E-state index in [0.29, 0.717) is 18.9 Å². The minimum atomic E-state index is 0.352. The Hall–Kier alpha value is -2.40. The molecule has 20 heavy (non-hydrogen) atoms. The Morgan fingerprint density at radius 2 is 2.20 bits per heavy atom. The lowest BCUT2D eigenvalue weighted by Crippen LogP contribution is -2.04.